The number of esters is 1. The molecule has 5 nitrogen and oxygen atoms in total. The summed E-state index contributed by atoms with van der Waals surface area (Å²) >= 11 is 0. The Hall–Kier alpha value is -3.00. The highest BCUT2D eigenvalue weighted by molar-refractivity contribution is 5.69. The number of rotatable bonds is 11. The summed E-state index contributed by atoms with van der Waals surface area (Å²) in [6, 6.07) is 17.8. The Morgan fingerprint density at radius 3 is 2.39 bits per heavy atom. The molecule has 0 heterocycles. The Balaban J connectivity index is 1.97. The molecule has 0 radical (unpaired) electrons. The smallest absolute Gasteiger partial charge is 0.305 e. The van der Waals surface area contributed by atoms with Crippen LogP contribution in [0.5, 0.6) is 5.75 Å². The number of carbonyl (C=O) groups is 1. The largest absolute Gasteiger partial charge is 0.497 e. The van der Waals surface area contributed by atoms with Crippen LogP contribution in [-0.4, -0.2) is 19.7 Å². The first-order valence-electron chi connectivity index (χ1n) is 9.72. The van der Waals surface area contributed by atoms with Crippen molar-refractivity contribution >= 4 is 11.7 Å². The minimum absolute atomic E-state index is 0.123. The topological polar surface area (TPSA) is 71.3 Å². The molecule has 0 saturated carbocycles. The zero-order valence-corrected chi connectivity index (χ0v) is 16.6. The molecular formula is C23H28N2O3. The van der Waals surface area contributed by atoms with Gasteiger partial charge in [0.05, 0.1) is 31.4 Å². The van der Waals surface area contributed by atoms with Gasteiger partial charge in [0.25, 0.3) is 0 Å². The van der Waals surface area contributed by atoms with Crippen molar-refractivity contribution in [2.45, 2.75) is 45.1 Å². The van der Waals surface area contributed by atoms with Gasteiger partial charge in [-0.15, -0.1) is 0 Å². The molecule has 0 aliphatic heterocycles. The quantitative estimate of drug-likeness (QED) is 0.427. The van der Waals surface area contributed by atoms with Crippen LogP contribution in [0.25, 0.3) is 0 Å². The third kappa shape index (κ3) is 6.96. The summed E-state index contributed by atoms with van der Waals surface area (Å²) in [7, 11) is 1.65. The number of benzene rings is 2. The van der Waals surface area contributed by atoms with Crippen LogP contribution in [0, 0.1) is 11.3 Å². The average Bonchev–Trinajstić information content (AvgIpc) is 2.73. The van der Waals surface area contributed by atoms with E-state index in [0.717, 1.165) is 42.7 Å². The lowest BCUT2D eigenvalue weighted by Crippen LogP contribution is -2.11. The van der Waals surface area contributed by atoms with Gasteiger partial charge in [0.1, 0.15) is 5.75 Å². The molecule has 148 valence electrons. The summed E-state index contributed by atoms with van der Waals surface area (Å²) in [4.78, 5) is 11.4. The fraction of sp³-hybridized carbons (Fsp3) is 0.391. The summed E-state index contributed by atoms with van der Waals surface area (Å²) in [5, 5.41) is 12.6. The first-order valence-corrected chi connectivity index (χ1v) is 9.72. The van der Waals surface area contributed by atoms with Crippen LogP contribution in [-0.2, 0) is 9.53 Å². The molecule has 2 aromatic rings. The molecule has 1 N–H and O–H groups in total. The van der Waals surface area contributed by atoms with E-state index in [9.17, 15) is 4.79 Å². The van der Waals surface area contributed by atoms with Crippen molar-refractivity contribution in [1.82, 2.24) is 0 Å². The number of hydrogen-bond donors (Lipinski definition) is 1. The zero-order valence-electron chi connectivity index (χ0n) is 16.6. The monoisotopic (exact) mass is 380 g/mol. The number of anilines is 1. The minimum Gasteiger partial charge on any atom is -0.497 e. The van der Waals surface area contributed by atoms with E-state index in [0.29, 0.717) is 18.6 Å². The predicted molar refractivity (Wildman–Crippen MR) is 110 cm³/mol. The van der Waals surface area contributed by atoms with Gasteiger partial charge < -0.3 is 14.8 Å². The van der Waals surface area contributed by atoms with E-state index in [-0.39, 0.29) is 12.0 Å². The standard InChI is InChI=1S/C23H28N2O3/c1-3-28-23(26)8-6-4-5-7-22(19-11-9-18(17-24)10-12-19)25-20-13-15-21(27-2)16-14-20/h9-16,22,25H,3-8H2,1-2H3. The fourth-order valence-electron chi connectivity index (χ4n) is 3.03. The molecule has 1 unspecified atom stereocenters. The minimum atomic E-state index is -0.123. The van der Waals surface area contributed by atoms with Crippen LogP contribution in [0.4, 0.5) is 5.69 Å². The van der Waals surface area contributed by atoms with Crippen molar-refractivity contribution in [2.24, 2.45) is 0 Å². The Morgan fingerprint density at radius 1 is 1.07 bits per heavy atom. The van der Waals surface area contributed by atoms with Crippen molar-refractivity contribution in [3.63, 3.8) is 0 Å². The molecule has 5 heteroatoms. The van der Waals surface area contributed by atoms with Gasteiger partial charge in [-0.05, 0) is 61.7 Å². The Kier molecular flexibility index (Phi) is 8.87. The molecule has 2 aromatic carbocycles. The Morgan fingerprint density at radius 2 is 1.79 bits per heavy atom. The van der Waals surface area contributed by atoms with E-state index in [4.69, 9.17) is 14.7 Å². The second kappa shape index (κ2) is 11.7. The lowest BCUT2D eigenvalue weighted by Gasteiger charge is -2.21. The zero-order chi connectivity index (χ0) is 20.2. The lowest BCUT2D eigenvalue weighted by atomic mass is 9.98. The third-order valence-corrected chi connectivity index (χ3v) is 4.55. The predicted octanol–water partition coefficient (Wildman–Crippen LogP) is 5.23. The van der Waals surface area contributed by atoms with Gasteiger partial charge in [-0.2, -0.15) is 5.26 Å². The molecule has 0 amide bonds. The second-order valence-electron chi connectivity index (χ2n) is 6.56. The molecule has 0 saturated heterocycles. The molecule has 0 aliphatic rings. The van der Waals surface area contributed by atoms with E-state index in [1.54, 1.807) is 7.11 Å². The summed E-state index contributed by atoms with van der Waals surface area (Å²) in [5.74, 6) is 0.696. The number of nitrogens with one attached hydrogen (secondary N) is 1. The molecule has 0 aromatic heterocycles. The van der Waals surface area contributed by atoms with E-state index in [1.165, 1.54) is 0 Å². The molecule has 28 heavy (non-hydrogen) atoms. The van der Waals surface area contributed by atoms with Crippen LogP contribution in [0.2, 0.25) is 0 Å². The SMILES string of the molecule is CCOC(=O)CCCCCC(Nc1ccc(OC)cc1)c1ccc(C#N)cc1. The third-order valence-electron chi connectivity index (χ3n) is 4.55. The number of nitrogens with zero attached hydrogens (tertiary/aromatic N) is 1. The first-order chi connectivity index (χ1) is 13.7. The number of methoxy groups -OCH3 is 1. The van der Waals surface area contributed by atoms with E-state index in [2.05, 4.69) is 11.4 Å². The Labute approximate surface area is 167 Å². The van der Waals surface area contributed by atoms with Gasteiger partial charge in [-0.3, -0.25) is 4.79 Å². The molecule has 0 fully saturated rings. The highest BCUT2D eigenvalue weighted by Gasteiger charge is 2.12. The van der Waals surface area contributed by atoms with E-state index >= 15 is 0 Å². The first kappa shape index (κ1) is 21.3. The molecule has 1 atom stereocenters. The Bertz CT molecular complexity index is 764. The number of unbranched alkanes of at least 4 members (excludes halogenated alkanes) is 2. The van der Waals surface area contributed by atoms with Gasteiger partial charge in [0.15, 0.2) is 0 Å². The normalized spacial score (nSPS) is 11.3. The van der Waals surface area contributed by atoms with Crippen molar-refractivity contribution in [1.29, 1.82) is 5.26 Å². The van der Waals surface area contributed by atoms with Crippen molar-refractivity contribution < 1.29 is 14.3 Å². The number of ether oxygens (including phenoxy) is 2. The van der Waals surface area contributed by atoms with Crippen molar-refractivity contribution in [2.75, 3.05) is 19.0 Å². The highest BCUT2D eigenvalue weighted by Crippen LogP contribution is 2.26. The second-order valence-corrected chi connectivity index (χ2v) is 6.56. The fourth-order valence-corrected chi connectivity index (χ4v) is 3.03. The highest BCUT2D eigenvalue weighted by atomic mass is 16.5. The maximum Gasteiger partial charge on any atom is 0.305 e. The molecular weight excluding hydrogens is 352 g/mol. The summed E-state index contributed by atoms with van der Waals surface area (Å²) in [6.07, 6.45) is 4.20. The maximum atomic E-state index is 11.4. The van der Waals surface area contributed by atoms with Gasteiger partial charge >= 0.3 is 5.97 Å². The molecule has 0 bridgehead atoms. The summed E-state index contributed by atoms with van der Waals surface area (Å²) in [6.45, 7) is 2.26. The van der Waals surface area contributed by atoms with Crippen LogP contribution in [0.15, 0.2) is 48.5 Å². The average molecular weight is 380 g/mol. The number of carbonyl (C=O) groups excluding carboxylic acids is 1. The molecule has 0 aliphatic carbocycles. The molecule has 2 rings (SSSR count). The van der Waals surface area contributed by atoms with Gasteiger partial charge in [-0.1, -0.05) is 25.0 Å². The summed E-state index contributed by atoms with van der Waals surface area (Å²) < 4.78 is 10.2. The van der Waals surface area contributed by atoms with Gasteiger partial charge in [-0.25, -0.2) is 0 Å². The van der Waals surface area contributed by atoms with Crippen LogP contribution in [0.3, 0.4) is 0 Å². The van der Waals surface area contributed by atoms with Crippen molar-refractivity contribution in [3.05, 3.63) is 59.7 Å². The lowest BCUT2D eigenvalue weighted by molar-refractivity contribution is -0.143. The van der Waals surface area contributed by atoms with E-state index in [1.807, 2.05) is 55.5 Å². The summed E-state index contributed by atoms with van der Waals surface area (Å²) in [5.41, 5.74) is 2.81. The van der Waals surface area contributed by atoms with E-state index < -0.39 is 0 Å². The number of nitriles is 1. The van der Waals surface area contributed by atoms with Crippen molar-refractivity contribution in [3.8, 4) is 11.8 Å². The van der Waals surface area contributed by atoms with Gasteiger partial charge in [0, 0.05) is 12.1 Å². The van der Waals surface area contributed by atoms with Crippen LogP contribution >= 0.6 is 0 Å². The van der Waals surface area contributed by atoms with Crippen LogP contribution in [0.1, 0.15) is 56.2 Å². The number of hydrogen-bond acceptors (Lipinski definition) is 5. The van der Waals surface area contributed by atoms with Gasteiger partial charge in [0.2, 0.25) is 0 Å². The van der Waals surface area contributed by atoms with Crippen LogP contribution < -0.4 is 10.1 Å². The molecule has 0 spiro atoms. The maximum absolute atomic E-state index is 11.4.